The summed E-state index contributed by atoms with van der Waals surface area (Å²) in [6.07, 6.45) is 6.57. The highest BCUT2D eigenvalue weighted by Crippen LogP contribution is 2.34. The molecule has 1 aliphatic carbocycles. The van der Waals surface area contributed by atoms with Crippen molar-refractivity contribution in [2.75, 3.05) is 32.8 Å². The van der Waals surface area contributed by atoms with E-state index in [1.807, 2.05) is 16.0 Å². The third kappa shape index (κ3) is 3.77. The Balaban J connectivity index is 1.28. The van der Waals surface area contributed by atoms with Gasteiger partial charge in [-0.3, -0.25) is 14.4 Å². The van der Waals surface area contributed by atoms with Crippen molar-refractivity contribution in [3.05, 3.63) is 47.0 Å². The first-order chi connectivity index (χ1) is 14.7. The summed E-state index contributed by atoms with van der Waals surface area (Å²) in [7, 11) is 0. The number of amides is 1. The van der Waals surface area contributed by atoms with Crippen LogP contribution < -0.4 is 0 Å². The second kappa shape index (κ2) is 8.48. The number of carbonyl (C=O) groups is 2. The minimum Gasteiger partial charge on any atom is -0.342 e. The highest BCUT2D eigenvalue weighted by Gasteiger charge is 2.30. The van der Waals surface area contributed by atoms with Crippen LogP contribution in [0, 0.1) is 5.92 Å². The van der Waals surface area contributed by atoms with Gasteiger partial charge in [-0.15, -0.1) is 0 Å². The van der Waals surface area contributed by atoms with E-state index in [0.717, 1.165) is 69.2 Å². The zero-order chi connectivity index (χ0) is 20.5. The second-order valence-electron chi connectivity index (χ2n) is 8.87. The smallest absolute Gasteiger partial charge is 0.223 e. The van der Waals surface area contributed by atoms with Gasteiger partial charge in [0.25, 0.3) is 0 Å². The molecule has 5 heteroatoms. The third-order valence-corrected chi connectivity index (χ3v) is 6.94. The number of carbonyl (C=O) groups excluding carboxylic acids is 2. The van der Waals surface area contributed by atoms with Gasteiger partial charge in [0.05, 0.1) is 6.61 Å². The van der Waals surface area contributed by atoms with E-state index in [9.17, 15) is 9.59 Å². The van der Waals surface area contributed by atoms with Crippen molar-refractivity contribution in [2.24, 2.45) is 5.92 Å². The van der Waals surface area contributed by atoms with Gasteiger partial charge in [0, 0.05) is 44.1 Å². The molecule has 0 spiro atoms. The molecule has 2 heterocycles. The van der Waals surface area contributed by atoms with Crippen molar-refractivity contribution in [3.8, 4) is 0 Å². The van der Waals surface area contributed by atoms with E-state index >= 15 is 0 Å². The minimum atomic E-state index is -0.104. The zero-order valence-electron chi connectivity index (χ0n) is 17.6. The van der Waals surface area contributed by atoms with E-state index in [2.05, 4.69) is 24.3 Å². The number of hydrogen-bond acceptors (Lipinski definition) is 4. The summed E-state index contributed by atoms with van der Waals surface area (Å²) < 4.78 is 0. The summed E-state index contributed by atoms with van der Waals surface area (Å²) in [5.74, 6) is 0.233. The Morgan fingerprint density at radius 3 is 2.70 bits per heavy atom. The highest BCUT2D eigenvalue weighted by molar-refractivity contribution is 6.11. The van der Waals surface area contributed by atoms with Crippen molar-refractivity contribution in [1.29, 1.82) is 0 Å². The van der Waals surface area contributed by atoms with Gasteiger partial charge in [0.2, 0.25) is 5.91 Å². The predicted molar refractivity (Wildman–Crippen MR) is 116 cm³/mol. The van der Waals surface area contributed by atoms with E-state index in [0.29, 0.717) is 19.5 Å². The predicted octanol–water partition coefficient (Wildman–Crippen LogP) is 3.78. The molecular weight excluding hydrogens is 376 g/mol. The third-order valence-electron chi connectivity index (χ3n) is 6.94. The van der Waals surface area contributed by atoms with Crippen LogP contribution in [0.3, 0.4) is 0 Å². The molecule has 3 aliphatic rings. The summed E-state index contributed by atoms with van der Waals surface area (Å²) in [4.78, 5) is 33.8. The number of piperidine rings is 1. The van der Waals surface area contributed by atoms with Crippen LogP contribution in [-0.2, 0) is 22.5 Å². The number of likely N-dealkylation sites (tertiary alicyclic amines) is 1. The van der Waals surface area contributed by atoms with Crippen molar-refractivity contribution in [2.45, 2.75) is 44.9 Å². The van der Waals surface area contributed by atoms with Crippen LogP contribution in [-0.4, -0.2) is 54.4 Å². The Hall–Kier alpha value is -2.24. The van der Waals surface area contributed by atoms with E-state index in [-0.39, 0.29) is 17.6 Å². The summed E-state index contributed by atoms with van der Waals surface area (Å²) >= 11 is 0. The van der Waals surface area contributed by atoms with Crippen molar-refractivity contribution in [3.63, 3.8) is 0 Å². The van der Waals surface area contributed by atoms with Crippen LogP contribution in [0.2, 0.25) is 0 Å². The Bertz CT molecular complexity index is 954. The molecule has 2 aromatic rings. The molecule has 0 unspecified atom stereocenters. The number of rotatable bonds is 5. The maximum Gasteiger partial charge on any atom is 0.223 e. The Morgan fingerprint density at radius 2 is 1.87 bits per heavy atom. The molecule has 1 atom stereocenters. The van der Waals surface area contributed by atoms with Gasteiger partial charge in [-0.05, 0) is 60.4 Å². The highest BCUT2D eigenvalue weighted by atomic mass is 16.7. The van der Waals surface area contributed by atoms with Crippen LogP contribution in [0.4, 0.5) is 0 Å². The fraction of sp³-hybridized carbons (Fsp3) is 0.520. The molecule has 1 amide bonds. The molecule has 0 radical (unpaired) electrons. The Kier molecular flexibility index (Phi) is 5.57. The van der Waals surface area contributed by atoms with E-state index in [1.165, 1.54) is 16.5 Å². The molecule has 2 aromatic carbocycles. The summed E-state index contributed by atoms with van der Waals surface area (Å²) in [6, 6.07) is 10.5. The summed E-state index contributed by atoms with van der Waals surface area (Å²) in [6.45, 7) is 3.60. The minimum absolute atomic E-state index is 0.104. The van der Waals surface area contributed by atoms with Crippen LogP contribution in [0.25, 0.3) is 10.8 Å². The van der Waals surface area contributed by atoms with Crippen molar-refractivity contribution >= 4 is 22.5 Å². The molecular formula is C25H30N2O3. The van der Waals surface area contributed by atoms with Gasteiger partial charge in [0.1, 0.15) is 0 Å². The molecule has 0 saturated carbocycles. The zero-order valence-corrected chi connectivity index (χ0v) is 17.6. The number of ketones is 1. The first-order valence-electron chi connectivity index (χ1n) is 11.4. The molecule has 0 aromatic heterocycles. The van der Waals surface area contributed by atoms with Crippen LogP contribution in [0.1, 0.15) is 53.6 Å². The summed E-state index contributed by atoms with van der Waals surface area (Å²) in [5, 5.41) is 4.30. The number of hydrogen-bond donors (Lipinski definition) is 0. The lowest BCUT2D eigenvalue weighted by molar-refractivity contribution is -0.182. The lowest BCUT2D eigenvalue weighted by Gasteiger charge is -2.33. The maximum atomic E-state index is 13.5. The topological polar surface area (TPSA) is 49.9 Å². The SMILES string of the molecule is O=C(c1ccc2c3c(cccc13)CC2)[C@@H]1CCCN(C(=O)CCN2CCCCO2)C1. The summed E-state index contributed by atoms with van der Waals surface area (Å²) in [5.41, 5.74) is 3.55. The first-order valence-corrected chi connectivity index (χ1v) is 11.4. The quantitative estimate of drug-likeness (QED) is 0.709. The molecule has 158 valence electrons. The van der Waals surface area contributed by atoms with Gasteiger partial charge in [0.15, 0.2) is 5.78 Å². The average molecular weight is 407 g/mol. The van der Waals surface area contributed by atoms with Gasteiger partial charge >= 0.3 is 0 Å². The molecule has 5 rings (SSSR count). The molecule has 2 fully saturated rings. The number of nitrogens with zero attached hydrogens (tertiary/aromatic N) is 2. The monoisotopic (exact) mass is 406 g/mol. The molecule has 2 saturated heterocycles. The number of hydroxylamine groups is 2. The first kappa shape index (κ1) is 19.7. The van der Waals surface area contributed by atoms with E-state index in [1.54, 1.807) is 0 Å². The van der Waals surface area contributed by atoms with Gasteiger partial charge in [-0.1, -0.05) is 30.3 Å². The molecule has 30 heavy (non-hydrogen) atoms. The van der Waals surface area contributed by atoms with Crippen molar-refractivity contribution in [1.82, 2.24) is 9.96 Å². The molecule has 5 nitrogen and oxygen atoms in total. The lowest BCUT2D eigenvalue weighted by Crippen LogP contribution is -2.43. The number of Topliss-reactive ketones (excluding diaryl/α,β-unsaturated/α-hetero) is 1. The Labute approximate surface area is 177 Å². The van der Waals surface area contributed by atoms with Crippen molar-refractivity contribution < 1.29 is 14.4 Å². The van der Waals surface area contributed by atoms with Gasteiger partial charge < -0.3 is 4.90 Å². The molecule has 0 bridgehead atoms. The average Bonchev–Trinajstić information content (AvgIpc) is 3.23. The molecule has 2 aliphatic heterocycles. The second-order valence-corrected chi connectivity index (χ2v) is 8.87. The van der Waals surface area contributed by atoms with Crippen LogP contribution >= 0.6 is 0 Å². The van der Waals surface area contributed by atoms with Gasteiger partial charge in [-0.25, -0.2) is 0 Å². The molecule has 0 N–H and O–H groups in total. The van der Waals surface area contributed by atoms with E-state index in [4.69, 9.17) is 4.84 Å². The maximum absolute atomic E-state index is 13.5. The van der Waals surface area contributed by atoms with Gasteiger partial charge in [-0.2, -0.15) is 5.06 Å². The lowest BCUT2D eigenvalue weighted by atomic mass is 9.87. The van der Waals surface area contributed by atoms with E-state index < -0.39 is 0 Å². The fourth-order valence-corrected chi connectivity index (χ4v) is 5.30. The largest absolute Gasteiger partial charge is 0.342 e. The van der Waals surface area contributed by atoms with Crippen LogP contribution in [0.15, 0.2) is 30.3 Å². The van der Waals surface area contributed by atoms with Crippen LogP contribution in [0.5, 0.6) is 0 Å². The Morgan fingerprint density at radius 1 is 1.00 bits per heavy atom. The number of benzene rings is 2. The fourth-order valence-electron chi connectivity index (χ4n) is 5.30. The number of aryl methyl sites for hydroxylation is 2. The standard InChI is InChI=1S/C25H30N2O3/c28-23(12-15-27-14-1-2-16-30-27)26-13-4-6-20(17-26)25(29)22-11-10-19-9-8-18-5-3-7-21(22)24(18)19/h3,5,7,10-11,20H,1-2,4,6,8-9,12-17H2/t20-/m1/s1. The normalized spacial score (nSPS) is 21.9.